The maximum atomic E-state index is 4.93. The Balaban J connectivity index is 3.29. The molecule has 0 heterocycles. The smallest absolute Gasteiger partial charge is 0.0587 e. The van der Waals surface area contributed by atoms with E-state index in [2.05, 4.69) is 32.2 Å². The van der Waals surface area contributed by atoms with Crippen LogP contribution in [-0.2, 0) is 4.74 Å². The van der Waals surface area contributed by atoms with Crippen molar-refractivity contribution >= 4 is 0 Å². The van der Waals surface area contributed by atoms with Crippen LogP contribution in [0, 0.1) is 5.92 Å². The number of ether oxygens (including phenoxy) is 1. The molecule has 0 fully saturated rings. The van der Waals surface area contributed by atoms with Crippen LogP contribution in [0.25, 0.3) is 0 Å². The van der Waals surface area contributed by atoms with Crippen molar-refractivity contribution in [2.24, 2.45) is 5.92 Å². The molecule has 0 aromatic carbocycles. The molecule has 0 radical (unpaired) electrons. The third-order valence-electron chi connectivity index (χ3n) is 2.18. The zero-order valence-corrected chi connectivity index (χ0v) is 9.39. The van der Waals surface area contributed by atoms with Gasteiger partial charge in [-0.2, -0.15) is 0 Å². The zero-order valence-electron chi connectivity index (χ0n) is 9.39. The minimum atomic E-state index is 0.680. The lowest BCUT2D eigenvalue weighted by atomic mass is 10.0. The third-order valence-corrected chi connectivity index (χ3v) is 2.18. The van der Waals surface area contributed by atoms with Gasteiger partial charge in [-0.15, -0.1) is 0 Å². The Kier molecular flexibility index (Phi) is 8.05. The molecule has 0 aromatic rings. The Labute approximate surface area is 82.4 Å². The van der Waals surface area contributed by atoms with Gasteiger partial charge in [-0.1, -0.05) is 25.5 Å². The average Bonchev–Trinajstić information content (AvgIpc) is 2.10. The molecule has 0 aromatic heterocycles. The first-order valence-electron chi connectivity index (χ1n) is 5.04. The first kappa shape index (κ1) is 12.7. The van der Waals surface area contributed by atoms with Gasteiger partial charge in [-0.3, -0.25) is 0 Å². The quantitative estimate of drug-likeness (QED) is 0.485. The Morgan fingerprint density at radius 3 is 2.62 bits per heavy atom. The molecule has 0 saturated heterocycles. The van der Waals surface area contributed by atoms with Gasteiger partial charge in [0.25, 0.3) is 0 Å². The summed E-state index contributed by atoms with van der Waals surface area (Å²) in [5.74, 6) is 0.680. The van der Waals surface area contributed by atoms with Crippen molar-refractivity contribution in [2.45, 2.75) is 27.2 Å². The zero-order chi connectivity index (χ0) is 10.1. The molecule has 0 aliphatic heterocycles. The van der Waals surface area contributed by atoms with Crippen molar-refractivity contribution in [3.63, 3.8) is 0 Å². The van der Waals surface area contributed by atoms with Crippen molar-refractivity contribution in [3.8, 4) is 0 Å². The molecule has 78 valence electrons. The lowest BCUT2D eigenvalue weighted by Gasteiger charge is -2.05. The predicted octanol–water partition coefficient (Wildman–Crippen LogP) is 2.21. The van der Waals surface area contributed by atoms with Gasteiger partial charge < -0.3 is 10.1 Å². The van der Waals surface area contributed by atoms with E-state index in [1.807, 2.05) is 0 Å². The van der Waals surface area contributed by atoms with E-state index in [0.717, 1.165) is 26.1 Å². The van der Waals surface area contributed by atoms with Gasteiger partial charge in [0, 0.05) is 13.7 Å². The molecule has 0 saturated carbocycles. The van der Waals surface area contributed by atoms with Gasteiger partial charge in [0.1, 0.15) is 0 Å². The summed E-state index contributed by atoms with van der Waals surface area (Å²) in [4.78, 5) is 0. The maximum absolute atomic E-state index is 4.93. The van der Waals surface area contributed by atoms with Crippen LogP contribution >= 0.6 is 0 Å². The van der Waals surface area contributed by atoms with Gasteiger partial charge in [-0.05, 0) is 25.8 Å². The summed E-state index contributed by atoms with van der Waals surface area (Å²) in [5.41, 5.74) is 1.48. The van der Waals surface area contributed by atoms with Gasteiger partial charge in [-0.25, -0.2) is 0 Å². The Morgan fingerprint density at radius 1 is 1.38 bits per heavy atom. The van der Waals surface area contributed by atoms with Crippen LogP contribution in [-0.4, -0.2) is 26.8 Å². The maximum Gasteiger partial charge on any atom is 0.0587 e. The summed E-state index contributed by atoms with van der Waals surface area (Å²) >= 11 is 0. The summed E-state index contributed by atoms with van der Waals surface area (Å²) in [6.45, 7) is 9.44. The number of allylic oxidation sites excluding steroid dienone is 1. The van der Waals surface area contributed by atoms with Crippen molar-refractivity contribution in [2.75, 3.05) is 26.8 Å². The molecule has 0 rings (SSSR count). The normalized spacial score (nSPS) is 12.5. The highest BCUT2D eigenvalue weighted by molar-refractivity contribution is 5.00. The lowest BCUT2D eigenvalue weighted by Crippen LogP contribution is -2.19. The third kappa shape index (κ3) is 8.00. The fourth-order valence-corrected chi connectivity index (χ4v) is 0.937. The fraction of sp³-hybridized carbons (Fsp3) is 0.818. The molecule has 13 heavy (non-hydrogen) atoms. The topological polar surface area (TPSA) is 21.3 Å². The second-order valence-electron chi connectivity index (χ2n) is 3.63. The van der Waals surface area contributed by atoms with E-state index in [1.165, 1.54) is 5.57 Å². The van der Waals surface area contributed by atoms with Crippen molar-refractivity contribution in [3.05, 3.63) is 11.6 Å². The van der Waals surface area contributed by atoms with Crippen LogP contribution in [0.15, 0.2) is 11.6 Å². The Bertz CT molecular complexity index is 141. The Morgan fingerprint density at radius 2 is 2.08 bits per heavy atom. The lowest BCUT2D eigenvalue weighted by molar-refractivity contribution is 0.199. The van der Waals surface area contributed by atoms with Crippen molar-refractivity contribution in [1.82, 2.24) is 5.32 Å². The minimum Gasteiger partial charge on any atom is -0.383 e. The molecule has 0 aliphatic rings. The second-order valence-corrected chi connectivity index (χ2v) is 3.63. The molecule has 0 spiro atoms. The van der Waals surface area contributed by atoms with E-state index in [0.29, 0.717) is 5.92 Å². The van der Waals surface area contributed by atoms with Gasteiger partial charge in [0.15, 0.2) is 0 Å². The predicted molar refractivity (Wildman–Crippen MR) is 58.0 cm³/mol. The van der Waals surface area contributed by atoms with Crippen molar-refractivity contribution in [1.29, 1.82) is 0 Å². The SMILES string of the molecule is COCCNCCC=C(C)C(C)C. The van der Waals surface area contributed by atoms with E-state index in [9.17, 15) is 0 Å². The molecular formula is C11H23NO. The van der Waals surface area contributed by atoms with Gasteiger partial charge in [0.05, 0.1) is 6.61 Å². The van der Waals surface area contributed by atoms with Crippen LogP contribution in [0.3, 0.4) is 0 Å². The summed E-state index contributed by atoms with van der Waals surface area (Å²) in [5, 5.41) is 3.31. The molecule has 0 aliphatic carbocycles. The minimum absolute atomic E-state index is 0.680. The number of methoxy groups -OCH3 is 1. The first-order chi connectivity index (χ1) is 6.18. The van der Waals surface area contributed by atoms with Crippen LogP contribution in [0.5, 0.6) is 0 Å². The van der Waals surface area contributed by atoms with E-state index >= 15 is 0 Å². The molecule has 1 N–H and O–H groups in total. The van der Waals surface area contributed by atoms with Crippen LogP contribution in [0.1, 0.15) is 27.2 Å². The van der Waals surface area contributed by atoms with Gasteiger partial charge >= 0.3 is 0 Å². The number of hydrogen-bond acceptors (Lipinski definition) is 2. The largest absolute Gasteiger partial charge is 0.383 e. The molecule has 0 unspecified atom stereocenters. The van der Waals surface area contributed by atoms with Crippen molar-refractivity contribution < 1.29 is 4.74 Å². The van der Waals surface area contributed by atoms with E-state index in [-0.39, 0.29) is 0 Å². The highest BCUT2D eigenvalue weighted by Crippen LogP contribution is 2.07. The summed E-state index contributed by atoms with van der Waals surface area (Å²) in [7, 11) is 1.73. The Hall–Kier alpha value is -0.340. The second kappa shape index (κ2) is 8.27. The molecule has 0 amide bonds. The molecule has 0 bridgehead atoms. The molecule has 0 atom stereocenters. The van der Waals surface area contributed by atoms with Gasteiger partial charge in [0.2, 0.25) is 0 Å². The van der Waals surface area contributed by atoms with Crippen LogP contribution in [0.4, 0.5) is 0 Å². The summed E-state index contributed by atoms with van der Waals surface area (Å²) in [6, 6.07) is 0. The molecule has 2 nitrogen and oxygen atoms in total. The van der Waals surface area contributed by atoms with E-state index in [1.54, 1.807) is 7.11 Å². The van der Waals surface area contributed by atoms with Crippen LogP contribution < -0.4 is 5.32 Å². The van der Waals surface area contributed by atoms with E-state index < -0.39 is 0 Å². The average molecular weight is 185 g/mol. The van der Waals surface area contributed by atoms with Crippen LogP contribution in [0.2, 0.25) is 0 Å². The highest BCUT2D eigenvalue weighted by Gasteiger charge is 1.94. The first-order valence-corrected chi connectivity index (χ1v) is 5.04. The molecular weight excluding hydrogens is 162 g/mol. The summed E-state index contributed by atoms with van der Waals surface area (Å²) < 4.78 is 4.93. The monoisotopic (exact) mass is 185 g/mol. The summed E-state index contributed by atoms with van der Waals surface area (Å²) in [6.07, 6.45) is 3.43. The standard InChI is InChI=1S/C11H23NO/c1-10(2)11(3)6-5-7-12-8-9-13-4/h6,10,12H,5,7-9H2,1-4H3. The number of hydrogen-bond donors (Lipinski definition) is 1. The van der Waals surface area contributed by atoms with E-state index in [4.69, 9.17) is 4.74 Å². The number of rotatable bonds is 7. The molecule has 2 heteroatoms. The highest BCUT2D eigenvalue weighted by atomic mass is 16.5. The number of nitrogens with one attached hydrogen (secondary N) is 1. The fourth-order valence-electron chi connectivity index (χ4n) is 0.937.